The second-order valence-corrected chi connectivity index (χ2v) is 5.10. The maximum Gasteiger partial charge on any atom is 0.251 e. The summed E-state index contributed by atoms with van der Waals surface area (Å²) >= 11 is 0. The van der Waals surface area contributed by atoms with Crippen molar-refractivity contribution in [3.8, 4) is 0 Å². The van der Waals surface area contributed by atoms with Crippen LogP contribution in [0.5, 0.6) is 0 Å². The lowest BCUT2D eigenvalue weighted by molar-refractivity contribution is 0.0919. The van der Waals surface area contributed by atoms with E-state index in [-0.39, 0.29) is 17.5 Å². The van der Waals surface area contributed by atoms with Crippen molar-refractivity contribution in [2.45, 2.75) is 45.1 Å². The zero-order valence-electron chi connectivity index (χ0n) is 10.7. The average Bonchev–Trinajstić information content (AvgIpc) is 2.39. The van der Waals surface area contributed by atoms with Gasteiger partial charge in [0.1, 0.15) is 0 Å². The van der Waals surface area contributed by atoms with E-state index in [0.29, 0.717) is 11.5 Å². The van der Waals surface area contributed by atoms with Crippen LogP contribution in [0, 0.1) is 5.92 Å². The number of aromatic amines is 1. The van der Waals surface area contributed by atoms with Gasteiger partial charge in [0.2, 0.25) is 5.56 Å². The summed E-state index contributed by atoms with van der Waals surface area (Å²) in [5, 5.41) is 3.00. The van der Waals surface area contributed by atoms with Crippen molar-refractivity contribution in [3.63, 3.8) is 0 Å². The van der Waals surface area contributed by atoms with Crippen molar-refractivity contribution in [2.24, 2.45) is 5.92 Å². The fourth-order valence-corrected chi connectivity index (χ4v) is 2.63. The Balaban J connectivity index is 1.96. The summed E-state index contributed by atoms with van der Waals surface area (Å²) in [6, 6.07) is 3.14. The van der Waals surface area contributed by atoms with Gasteiger partial charge >= 0.3 is 0 Å². The zero-order valence-corrected chi connectivity index (χ0v) is 10.7. The molecule has 1 aliphatic carbocycles. The number of hydrogen-bond donors (Lipinski definition) is 2. The first-order valence-electron chi connectivity index (χ1n) is 6.66. The Hall–Kier alpha value is -1.58. The SMILES string of the molecule is CC(NC(=O)c1cc[nH]c(=O)c1)C1CCCCC1. The molecule has 0 aliphatic heterocycles. The molecule has 2 N–H and O–H groups in total. The summed E-state index contributed by atoms with van der Waals surface area (Å²) in [6.45, 7) is 2.06. The van der Waals surface area contributed by atoms with E-state index in [4.69, 9.17) is 0 Å². The Morgan fingerprint density at radius 3 is 2.78 bits per heavy atom. The Morgan fingerprint density at radius 2 is 2.11 bits per heavy atom. The molecule has 1 saturated carbocycles. The Morgan fingerprint density at radius 1 is 1.39 bits per heavy atom. The fourth-order valence-electron chi connectivity index (χ4n) is 2.63. The molecule has 0 spiro atoms. The Bertz CT molecular complexity index is 461. The number of carbonyl (C=O) groups is 1. The molecule has 1 amide bonds. The van der Waals surface area contributed by atoms with E-state index in [1.54, 1.807) is 6.07 Å². The summed E-state index contributed by atoms with van der Waals surface area (Å²) in [5.41, 5.74) is 0.189. The van der Waals surface area contributed by atoms with E-state index in [2.05, 4.69) is 17.2 Å². The first kappa shape index (κ1) is 12.9. The van der Waals surface area contributed by atoms with Crippen LogP contribution in [-0.4, -0.2) is 16.9 Å². The highest BCUT2D eigenvalue weighted by Gasteiger charge is 2.21. The van der Waals surface area contributed by atoms with Gasteiger partial charge in [-0.25, -0.2) is 0 Å². The molecule has 0 saturated heterocycles. The Kier molecular flexibility index (Phi) is 4.18. The van der Waals surface area contributed by atoms with Gasteiger partial charge in [0, 0.05) is 23.9 Å². The molecule has 0 radical (unpaired) electrons. The second kappa shape index (κ2) is 5.85. The zero-order chi connectivity index (χ0) is 13.0. The molecule has 18 heavy (non-hydrogen) atoms. The van der Waals surface area contributed by atoms with Gasteiger partial charge in [0.15, 0.2) is 0 Å². The minimum atomic E-state index is -0.243. The number of amides is 1. The number of hydrogen-bond acceptors (Lipinski definition) is 2. The monoisotopic (exact) mass is 248 g/mol. The molecular weight excluding hydrogens is 228 g/mol. The van der Waals surface area contributed by atoms with Crippen LogP contribution >= 0.6 is 0 Å². The standard InChI is InChI=1S/C14H20N2O2/c1-10(11-5-3-2-4-6-11)16-14(18)12-7-8-15-13(17)9-12/h7-11H,2-6H2,1H3,(H,15,17)(H,16,18). The second-order valence-electron chi connectivity index (χ2n) is 5.10. The molecule has 0 bridgehead atoms. The van der Waals surface area contributed by atoms with Gasteiger partial charge in [-0.1, -0.05) is 19.3 Å². The normalized spacial score (nSPS) is 18.3. The van der Waals surface area contributed by atoms with Crippen molar-refractivity contribution >= 4 is 5.91 Å². The highest BCUT2D eigenvalue weighted by atomic mass is 16.2. The van der Waals surface area contributed by atoms with E-state index < -0.39 is 0 Å². The van der Waals surface area contributed by atoms with Crippen LogP contribution in [0.2, 0.25) is 0 Å². The molecule has 1 fully saturated rings. The smallest absolute Gasteiger partial charge is 0.251 e. The first-order valence-corrected chi connectivity index (χ1v) is 6.66. The quantitative estimate of drug-likeness (QED) is 0.860. The van der Waals surface area contributed by atoms with E-state index >= 15 is 0 Å². The van der Waals surface area contributed by atoms with Crippen LogP contribution < -0.4 is 10.9 Å². The first-order chi connectivity index (χ1) is 8.66. The van der Waals surface area contributed by atoms with Gasteiger partial charge in [-0.3, -0.25) is 9.59 Å². The maximum atomic E-state index is 12.0. The highest BCUT2D eigenvalue weighted by Crippen LogP contribution is 2.26. The summed E-state index contributed by atoms with van der Waals surface area (Å²) in [7, 11) is 0. The number of nitrogens with one attached hydrogen (secondary N) is 2. The van der Waals surface area contributed by atoms with Crippen molar-refractivity contribution < 1.29 is 4.79 Å². The van der Waals surface area contributed by atoms with Gasteiger partial charge in [-0.05, 0) is 31.7 Å². The van der Waals surface area contributed by atoms with Crippen molar-refractivity contribution in [1.82, 2.24) is 10.3 Å². The third-order valence-corrected chi connectivity index (χ3v) is 3.75. The van der Waals surface area contributed by atoms with Crippen LogP contribution in [0.25, 0.3) is 0 Å². The van der Waals surface area contributed by atoms with E-state index in [1.807, 2.05) is 0 Å². The average molecular weight is 248 g/mol. The Labute approximate surface area is 107 Å². The topological polar surface area (TPSA) is 62.0 Å². The highest BCUT2D eigenvalue weighted by molar-refractivity contribution is 5.94. The van der Waals surface area contributed by atoms with Crippen LogP contribution in [0.3, 0.4) is 0 Å². The predicted molar refractivity (Wildman–Crippen MR) is 70.6 cm³/mol. The molecule has 1 unspecified atom stereocenters. The van der Waals surface area contributed by atoms with E-state index in [0.717, 1.165) is 0 Å². The van der Waals surface area contributed by atoms with Crippen LogP contribution in [0.1, 0.15) is 49.4 Å². The van der Waals surface area contributed by atoms with Crippen molar-refractivity contribution in [1.29, 1.82) is 0 Å². The summed E-state index contributed by atoms with van der Waals surface area (Å²) in [6.07, 6.45) is 7.72. The van der Waals surface area contributed by atoms with Gasteiger partial charge in [-0.2, -0.15) is 0 Å². The third-order valence-electron chi connectivity index (χ3n) is 3.75. The minimum Gasteiger partial charge on any atom is -0.349 e. The van der Waals surface area contributed by atoms with E-state index in [9.17, 15) is 9.59 Å². The molecule has 98 valence electrons. The molecule has 1 atom stereocenters. The van der Waals surface area contributed by atoms with Gasteiger partial charge in [0.25, 0.3) is 5.91 Å². The van der Waals surface area contributed by atoms with Crippen LogP contribution in [0.15, 0.2) is 23.1 Å². The molecule has 2 rings (SSSR count). The molecule has 4 heteroatoms. The van der Waals surface area contributed by atoms with Gasteiger partial charge in [-0.15, -0.1) is 0 Å². The third kappa shape index (κ3) is 3.22. The minimum absolute atomic E-state index is 0.154. The van der Waals surface area contributed by atoms with E-state index in [1.165, 1.54) is 44.4 Å². The largest absolute Gasteiger partial charge is 0.349 e. The number of aromatic nitrogens is 1. The number of rotatable bonds is 3. The lowest BCUT2D eigenvalue weighted by atomic mass is 9.84. The molecule has 1 aromatic heterocycles. The maximum absolute atomic E-state index is 12.0. The van der Waals surface area contributed by atoms with Gasteiger partial charge in [0.05, 0.1) is 0 Å². The van der Waals surface area contributed by atoms with Crippen molar-refractivity contribution in [3.05, 3.63) is 34.2 Å². The predicted octanol–water partition coefficient (Wildman–Crippen LogP) is 2.07. The molecule has 1 aromatic rings. The van der Waals surface area contributed by atoms with Crippen LogP contribution in [-0.2, 0) is 0 Å². The number of pyridine rings is 1. The number of H-pyrrole nitrogens is 1. The molecule has 1 aliphatic rings. The molecule has 0 aromatic carbocycles. The molecular formula is C14H20N2O2. The molecule has 4 nitrogen and oxygen atoms in total. The molecule has 1 heterocycles. The summed E-state index contributed by atoms with van der Waals surface area (Å²) < 4.78 is 0. The van der Waals surface area contributed by atoms with Crippen LogP contribution in [0.4, 0.5) is 0 Å². The van der Waals surface area contributed by atoms with Crippen molar-refractivity contribution in [2.75, 3.05) is 0 Å². The summed E-state index contributed by atoms with van der Waals surface area (Å²) in [4.78, 5) is 25.6. The lowest BCUT2D eigenvalue weighted by Crippen LogP contribution is -2.39. The number of carbonyl (C=O) groups excluding carboxylic acids is 1. The van der Waals surface area contributed by atoms with Gasteiger partial charge < -0.3 is 10.3 Å². The summed E-state index contributed by atoms with van der Waals surface area (Å²) in [5.74, 6) is 0.420. The lowest BCUT2D eigenvalue weighted by Gasteiger charge is -2.28. The fraction of sp³-hybridized carbons (Fsp3) is 0.571.